The minimum absolute atomic E-state index is 0.118. The standard InChI is InChI=1S/C25H22BrN5O3S/c1-33-21-13-8-17(14-22(21)34-2)15-27-28-23(32)16-35-25-30-29-24(18-6-4-3-5-7-18)31(25)20-11-9-19(26)10-12-20/h3-15H,16H2,1-2H3,(H,28,32). The molecule has 178 valence electrons. The third-order valence-electron chi connectivity index (χ3n) is 4.89. The van der Waals surface area contributed by atoms with Crippen LogP contribution in [-0.4, -0.2) is 46.9 Å². The molecule has 1 aromatic heterocycles. The number of halogens is 1. The van der Waals surface area contributed by atoms with Crippen LogP contribution >= 0.6 is 27.7 Å². The molecule has 0 spiro atoms. The van der Waals surface area contributed by atoms with Gasteiger partial charge in [-0.3, -0.25) is 9.36 Å². The Balaban J connectivity index is 1.46. The molecule has 0 saturated heterocycles. The second kappa shape index (κ2) is 11.7. The fourth-order valence-electron chi connectivity index (χ4n) is 3.23. The van der Waals surface area contributed by atoms with E-state index in [4.69, 9.17) is 9.47 Å². The number of carbonyl (C=O) groups is 1. The first-order valence-electron chi connectivity index (χ1n) is 10.5. The Bertz CT molecular complexity index is 1330. The zero-order chi connectivity index (χ0) is 24.6. The molecular weight excluding hydrogens is 530 g/mol. The molecule has 0 aliphatic heterocycles. The van der Waals surface area contributed by atoms with Crippen molar-refractivity contribution in [1.29, 1.82) is 0 Å². The number of ether oxygens (including phenoxy) is 2. The van der Waals surface area contributed by atoms with E-state index in [1.54, 1.807) is 32.6 Å². The first-order chi connectivity index (χ1) is 17.1. The molecular formula is C25H22BrN5O3S. The summed E-state index contributed by atoms with van der Waals surface area (Å²) in [5.41, 5.74) is 5.13. The lowest BCUT2D eigenvalue weighted by molar-refractivity contribution is -0.118. The number of aromatic nitrogens is 3. The van der Waals surface area contributed by atoms with Crippen LogP contribution in [0, 0.1) is 0 Å². The Morgan fingerprint density at radius 2 is 1.77 bits per heavy atom. The fourth-order valence-corrected chi connectivity index (χ4v) is 4.24. The third kappa shape index (κ3) is 6.09. The van der Waals surface area contributed by atoms with Gasteiger partial charge >= 0.3 is 0 Å². The van der Waals surface area contributed by atoms with Gasteiger partial charge in [0.2, 0.25) is 0 Å². The second-order valence-corrected chi connectivity index (χ2v) is 9.04. The van der Waals surface area contributed by atoms with Gasteiger partial charge in [0.25, 0.3) is 5.91 Å². The fraction of sp³-hybridized carbons (Fsp3) is 0.120. The van der Waals surface area contributed by atoms with Gasteiger partial charge in [-0.2, -0.15) is 5.10 Å². The molecule has 0 unspecified atom stereocenters. The van der Waals surface area contributed by atoms with E-state index in [0.717, 1.165) is 21.3 Å². The van der Waals surface area contributed by atoms with Gasteiger partial charge in [0.15, 0.2) is 22.5 Å². The van der Waals surface area contributed by atoms with Crippen LogP contribution in [0.15, 0.2) is 87.5 Å². The number of nitrogens with one attached hydrogen (secondary N) is 1. The maximum Gasteiger partial charge on any atom is 0.250 e. The van der Waals surface area contributed by atoms with Crippen molar-refractivity contribution in [2.24, 2.45) is 5.10 Å². The minimum atomic E-state index is -0.265. The van der Waals surface area contributed by atoms with E-state index in [1.165, 1.54) is 11.8 Å². The van der Waals surface area contributed by atoms with E-state index >= 15 is 0 Å². The monoisotopic (exact) mass is 551 g/mol. The molecule has 0 atom stereocenters. The average Bonchev–Trinajstić information content (AvgIpc) is 3.32. The molecule has 0 radical (unpaired) electrons. The van der Waals surface area contributed by atoms with Crippen molar-refractivity contribution in [1.82, 2.24) is 20.2 Å². The summed E-state index contributed by atoms with van der Waals surface area (Å²) in [5, 5.41) is 13.4. The van der Waals surface area contributed by atoms with E-state index < -0.39 is 0 Å². The summed E-state index contributed by atoms with van der Waals surface area (Å²) < 4.78 is 13.4. The van der Waals surface area contributed by atoms with Crippen molar-refractivity contribution in [2.75, 3.05) is 20.0 Å². The van der Waals surface area contributed by atoms with Crippen molar-refractivity contribution < 1.29 is 14.3 Å². The Morgan fingerprint density at radius 1 is 1.03 bits per heavy atom. The Hall–Kier alpha value is -3.63. The molecule has 0 fully saturated rings. The highest BCUT2D eigenvalue weighted by Gasteiger charge is 2.17. The number of methoxy groups -OCH3 is 2. The van der Waals surface area contributed by atoms with Crippen LogP contribution in [0.5, 0.6) is 11.5 Å². The van der Waals surface area contributed by atoms with Gasteiger partial charge in [-0.1, -0.05) is 58.0 Å². The number of carbonyl (C=O) groups excluding carboxylic acids is 1. The molecule has 1 amide bonds. The van der Waals surface area contributed by atoms with Crippen LogP contribution in [0.4, 0.5) is 0 Å². The summed E-state index contributed by atoms with van der Waals surface area (Å²) in [6.07, 6.45) is 1.54. The number of nitrogens with zero attached hydrogens (tertiary/aromatic N) is 4. The number of hydrogen-bond acceptors (Lipinski definition) is 7. The van der Waals surface area contributed by atoms with Crippen LogP contribution in [0.3, 0.4) is 0 Å². The average molecular weight is 552 g/mol. The predicted octanol–water partition coefficient (Wildman–Crippen LogP) is 4.96. The molecule has 0 bridgehead atoms. The Labute approximate surface area is 215 Å². The number of thioether (sulfide) groups is 1. The van der Waals surface area contributed by atoms with Gasteiger partial charge in [-0.25, -0.2) is 5.43 Å². The van der Waals surface area contributed by atoms with Gasteiger partial charge < -0.3 is 9.47 Å². The zero-order valence-electron chi connectivity index (χ0n) is 19.0. The number of rotatable bonds is 9. The molecule has 10 heteroatoms. The smallest absolute Gasteiger partial charge is 0.250 e. The van der Waals surface area contributed by atoms with E-state index in [-0.39, 0.29) is 11.7 Å². The summed E-state index contributed by atoms with van der Waals surface area (Å²) in [5.74, 6) is 1.75. The summed E-state index contributed by atoms with van der Waals surface area (Å²) in [6, 6.07) is 23.0. The van der Waals surface area contributed by atoms with E-state index in [9.17, 15) is 4.79 Å². The molecule has 0 aliphatic carbocycles. The first-order valence-corrected chi connectivity index (χ1v) is 12.3. The van der Waals surface area contributed by atoms with Crippen molar-refractivity contribution in [2.45, 2.75) is 5.16 Å². The molecule has 1 N–H and O–H groups in total. The Morgan fingerprint density at radius 3 is 2.49 bits per heavy atom. The maximum atomic E-state index is 12.4. The quantitative estimate of drug-likeness (QED) is 0.180. The lowest BCUT2D eigenvalue weighted by Gasteiger charge is -2.10. The van der Waals surface area contributed by atoms with Gasteiger partial charge in [-0.05, 0) is 48.0 Å². The van der Waals surface area contributed by atoms with Crippen molar-refractivity contribution in [3.05, 3.63) is 82.8 Å². The number of amides is 1. The Kier molecular flexibility index (Phi) is 8.17. The molecule has 4 aromatic rings. The van der Waals surface area contributed by atoms with Crippen molar-refractivity contribution >= 4 is 39.8 Å². The van der Waals surface area contributed by atoms with Crippen LogP contribution < -0.4 is 14.9 Å². The highest BCUT2D eigenvalue weighted by Crippen LogP contribution is 2.29. The minimum Gasteiger partial charge on any atom is -0.493 e. The molecule has 35 heavy (non-hydrogen) atoms. The van der Waals surface area contributed by atoms with Crippen molar-refractivity contribution in [3.63, 3.8) is 0 Å². The number of hydrogen-bond donors (Lipinski definition) is 1. The van der Waals surface area contributed by atoms with Gasteiger partial charge in [0.1, 0.15) is 0 Å². The van der Waals surface area contributed by atoms with Crippen molar-refractivity contribution in [3.8, 4) is 28.6 Å². The molecule has 1 heterocycles. The third-order valence-corrected chi connectivity index (χ3v) is 6.35. The van der Waals surface area contributed by atoms with Gasteiger partial charge in [-0.15, -0.1) is 10.2 Å². The molecule has 4 rings (SSSR count). The summed E-state index contributed by atoms with van der Waals surface area (Å²) in [7, 11) is 3.14. The lowest BCUT2D eigenvalue weighted by atomic mass is 10.2. The van der Waals surface area contributed by atoms with Crippen LogP contribution in [0.1, 0.15) is 5.56 Å². The molecule has 3 aromatic carbocycles. The number of benzene rings is 3. The van der Waals surface area contributed by atoms with E-state index in [1.807, 2.05) is 65.2 Å². The van der Waals surface area contributed by atoms with Gasteiger partial charge in [0, 0.05) is 15.7 Å². The highest BCUT2D eigenvalue weighted by atomic mass is 79.9. The number of hydrazone groups is 1. The van der Waals surface area contributed by atoms with E-state index in [2.05, 4.69) is 36.7 Å². The van der Waals surface area contributed by atoms with Crippen LogP contribution in [-0.2, 0) is 4.79 Å². The highest BCUT2D eigenvalue weighted by molar-refractivity contribution is 9.10. The largest absolute Gasteiger partial charge is 0.493 e. The SMILES string of the molecule is COc1ccc(C=NNC(=O)CSc2nnc(-c3ccccc3)n2-c2ccc(Br)cc2)cc1OC. The first kappa shape index (κ1) is 24.5. The summed E-state index contributed by atoms with van der Waals surface area (Å²) in [6.45, 7) is 0. The summed E-state index contributed by atoms with van der Waals surface area (Å²) in [4.78, 5) is 12.4. The van der Waals surface area contributed by atoms with Gasteiger partial charge in [0.05, 0.1) is 26.2 Å². The normalized spacial score (nSPS) is 10.9. The second-order valence-electron chi connectivity index (χ2n) is 7.18. The molecule has 8 nitrogen and oxygen atoms in total. The summed E-state index contributed by atoms with van der Waals surface area (Å²) >= 11 is 4.75. The lowest BCUT2D eigenvalue weighted by Crippen LogP contribution is -2.20. The topological polar surface area (TPSA) is 90.6 Å². The predicted molar refractivity (Wildman–Crippen MR) is 141 cm³/mol. The molecule has 0 saturated carbocycles. The van der Waals surface area contributed by atoms with Crippen LogP contribution in [0.2, 0.25) is 0 Å². The maximum absolute atomic E-state index is 12.4. The molecule has 0 aliphatic rings. The van der Waals surface area contributed by atoms with E-state index in [0.29, 0.717) is 22.5 Å². The zero-order valence-corrected chi connectivity index (χ0v) is 21.4. The van der Waals surface area contributed by atoms with Crippen LogP contribution in [0.25, 0.3) is 17.1 Å².